The van der Waals surface area contributed by atoms with Gasteiger partial charge in [0.05, 0.1) is 26.5 Å². The van der Waals surface area contributed by atoms with Crippen LogP contribution < -0.4 is 5.73 Å². The van der Waals surface area contributed by atoms with E-state index in [1.54, 1.807) is 11.6 Å². The number of nitrogens with two attached hydrogens (primary N) is 1. The van der Waals surface area contributed by atoms with Gasteiger partial charge in [-0.05, 0) is 19.9 Å². The van der Waals surface area contributed by atoms with Crippen molar-refractivity contribution >= 4 is 40.6 Å². The van der Waals surface area contributed by atoms with Crippen molar-refractivity contribution in [2.75, 3.05) is 5.73 Å². The SMILES string of the molecule is Cc1nn(-c2nc(N)c(Cl)cc2Cl)c(C)c1Cl. The molecule has 2 heterocycles. The molecule has 2 N–H and O–H groups in total. The Bertz CT molecular complexity index is 592. The number of aromatic nitrogens is 3. The number of nitrogen functional groups attached to an aromatic ring is 1. The van der Waals surface area contributed by atoms with Crippen molar-refractivity contribution in [1.82, 2.24) is 14.8 Å². The Balaban J connectivity index is 2.68. The van der Waals surface area contributed by atoms with Crippen LogP contribution in [0.3, 0.4) is 0 Å². The number of halogens is 3. The average molecular weight is 292 g/mol. The molecule has 0 bridgehead atoms. The highest BCUT2D eigenvalue weighted by molar-refractivity contribution is 6.36. The summed E-state index contributed by atoms with van der Waals surface area (Å²) in [4.78, 5) is 4.11. The van der Waals surface area contributed by atoms with Gasteiger partial charge >= 0.3 is 0 Å². The monoisotopic (exact) mass is 290 g/mol. The molecule has 90 valence electrons. The lowest BCUT2D eigenvalue weighted by molar-refractivity contribution is 0.808. The van der Waals surface area contributed by atoms with Crippen LogP contribution in [0.2, 0.25) is 15.1 Å². The molecule has 7 heteroatoms. The van der Waals surface area contributed by atoms with Gasteiger partial charge in [-0.15, -0.1) is 0 Å². The van der Waals surface area contributed by atoms with E-state index in [0.29, 0.717) is 26.6 Å². The molecule has 0 amide bonds. The summed E-state index contributed by atoms with van der Waals surface area (Å²) in [6.45, 7) is 3.63. The molecule has 0 unspecified atom stereocenters. The van der Waals surface area contributed by atoms with Crippen LogP contribution in [0.4, 0.5) is 5.82 Å². The lowest BCUT2D eigenvalue weighted by Crippen LogP contribution is -2.05. The second-order valence-electron chi connectivity index (χ2n) is 3.56. The van der Waals surface area contributed by atoms with Gasteiger partial charge in [0, 0.05) is 0 Å². The van der Waals surface area contributed by atoms with E-state index in [2.05, 4.69) is 10.1 Å². The molecule has 0 aliphatic rings. The van der Waals surface area contributed by atoms with Gasteiger partial charge in [0.2, 0.25) is 0 Å². The summed E-state index contributed by atoms with van der Waals surface area (Å²) < 4.78 is 1.55. The Morgan fingerprint density at radius 3 is 2.35 bits per heavy atom. The first-order valence-corrected chi connectivity index (χ1v) is 5.88. The van der Waals surface area contributed by atoms with E-state index in [1.165, 1.54) is 6.07 Å². The molecule has 0 fully saturated rings. The standard InChI is InChI=1S/C10H9Cl3N4/c1-4-8(13)5(2)17(16-4)10-7(12)3-6(11)9(14)15-10/h3H,1-2H3,(H2,14,15). The van der Waals surface area contributed by atoms with Crippen molar-refractivity contribution in [3.05, 3.63) is 32.5 Å². The summed E-state index contributed by atoms with van der Waals surface area (Å²) in [6.07, 6.45) is 0. The van der Waals surface area contributed by atoms with Crippen molar-refractivity contribution in [2.24, 2.45) is 0 Å². The van der Waals surface area contributed by atoms with Gasteiger partial charge in [0.25, 0.3) is 0 Å². The summed E-state index contributed by atoms with van der Waals surface area (Å²) in [5.41, 5.74) is 7.10. The second-order valence-corrected chi connectivity index (χ2v) is 4.75. The van der Waals surface area contributed by atoms with E-state index in [9.17, 15) is 0 Å². The Hall–Kier alpha value is -0.970. The summed E-state index contributed by atoms with van der Waals surface area (Å²) in [6, 6.07) is 1.53. The topological polar surface area (TPSA) is 56.7 Å². The predicted octanol–water partition coefficient (Wildman–Crippen LogP) is 3.43. The highest BCUT2D eigenvalue weighted by Crippen LogP contribution is 2.29. The van der Waals surface area contributed by atoms with Gasteiger partial charge < -0.3 is 5.73 Å². The summed E-state index contributed by atoms with van der Waals surface area (Å²) in [5.74, 6) is 0.621. The molecule has 0 aliphatic heterocycles. The highest BCUT2D eigenvalue weighted by Gasteiger charge is 2.15. The Labute approximate surface area is 113 Å². The van der Waals surface area contributed by atoms with Crippen molar-refractivity contribution in [2.45, 2.75) is 13.8 Å². The number of aryl methyl sites for hydroxylation is 1. The lowest BCUT2D eigenvalue weighted by atomic mass is 10.4. The number of hydrogen-bond acceptors (Lipinski definition) is 3. The van der Waals surface area contributed by atoms with Gasteiger partial charge in [-0.25, -0.2) is 9.67 Å². The molecule has 2 rings (SSSR count). The first-order valence-electron chi connectivity index (χ1n) is 4.75. The van der Waals surface area contributed by atoms with E-state index < -0.39 is 0 Å². The van der Waals surface area contributed by atoms with Gasteiger partial charge in [-0.3, -0.25) is 0 Å². The fourth-order valence-electron chi connectivity index (χ4n) is 1.45. The van der Waals surface area contributed by atoms with Crippen LogP contribution in [-0.2, 0) is 0 Å². The summed E-state index contributed by atoms with van der Waals surface area (Å²) >= 11 is 17.9. The summed E-state index contributed by atoms with van der Waals surface area (Å²) in [7, 11) is 0. The van der Waals surface area contributed by atoms with Crippen LogP contribution >= 0.6 is 34.8 Å². The quantitative estimate of drug-likeness (QED) is 0.876. The van der Waals surface area contributed by atoms with E-state index in [4.69, 9.17) is 40.5 Å². The number of nitrogens with zero attached hydrogens (tertiary/aromatic N) is 3. The third kappa shape index (κ3) is 2.08. The van der Waals surface area contributed by atoms with Gasteiger partial charge in [0.15, 0.2) is 5.82 Å². The predicted molar refractivity (Wildman–Crippen MR) is 70.3 cm³/mol. The smallest absolute Gasteiger partial charge is 0.174 e. The number of hydrogen-bond donors (Lipinski definition) is 1. The summed E-state index contributed by atoms with van der Waals surface area (Å²) in [5, 5.41) is 5.51. The normalized spacial score (nSPS) is 10.9. The van der Waals surface area contributed by atoms with Crippen molar-refractivity contribution in [3.63, 3.8) is 0 Å². The molecule has 0 saturated heterocycles. The van der Waals surface area contributed by atoms with Crippen LogP contribution in [0.25, 0.3) is 5.82 Å². The van der Waals surface area contributed by atoms with Crippen LogP contribution in [0.5, 0.6) is 0 Å². The van der Waals surface area contributed by atoms with E-state index in [0.717, 1.165) is 5.69 Å². The molecule has 0 saturated carbocycles. The minimum absolute atomic E-state index is 0.203. The zero-order chi connectivity index (χ0) is 12.7. The zero-order valence-corrected chi connectivity index (χ0v) is 11.4. The zero-order valence-electron chi connectivity index (χ0n) is 9.13. The fourth-order valence-corrected chi connectivity index (χ4v) is 2.01. The van der Waals surface area contributed by atoms with Gasteiger partial charge in [-0.2, -0.15) is 5.10 Å². The molecule has 2 aromatic rings. The van der Waals surface area contributed by atoms with Gasteiger partial charge in [0.1, 0.15) is 5.82 Å². The Morgan fingerprint density at radius 1 is 1.18 bits per heavy atom. The highest BCUT2D eigenvalue weighted by atomic mass is 35.5. The molecule has 0 aromatic carbocycles. The van der Waals surface area contributed by atoms with Crippen LogP contribution in [0.15, 0.2) is 6.07 Å². The van der Waals surface area contributed by atoms with Crippen molar-refractivity contribution in [3.8, 4) is 5.82 Å². The third-order valence-corrected chi connectivity index (χ3v) is 3.47. The van der Waals surface area contributed by atoms with E-state index in [1.807, 2.05) is 6.92 Å². The van der Waals surface area contributed by atoms with Crippen LogP contribution in [0.1, 0.15) is 11.4 Å². The first-order chi connectivity index (χ1) is 7.91. The molecule has 2 aromatic heterocycles. The third-order valence-electron chi connectivity index (χ3n) is 2.34. The number of pyridine rings is 1. The largest absolute Gasteiger partial charge is 0.382 e. The van der Waals surface area contributed by atoms with Crippen molar-refractivity contribution in [1.29, 1.82) is 0 Å². The van der Waals surface area contributed by atoms with Gasteiger partial charge in [-0.1, -0.05) is 34.8 Å². The van der Waals surface area contributed by atoms with E-state index in [-0.39, 0.29) is 5.82 Å². The fraction of sp³-hybridized carbons (Fsp3) is 0.200. The number of rotatable bonds is 1. The maximum Gasteiger partial charge on any atom is 0.174 e. The van der Waals surface area contributed by atoms with E-state index >= 15 is 0 Å². The Kier molecular flexibility index (Phi) is 3.21. The lowest BCUT2D eigenvalue weighted by Gasteiger charge is -2.07. The maximum atomic E-state index is 6.06. The average Bonchev–Trinajstić information content (AvgIpc) is 2.51. The Morgan fingerprint density at radius 2 is 1.82 bits per heavy atom. The molecule has 4 nitrogen and oxygen atoms in total. The molecule has 0 spiro atoms. The first kappa shape index (κ1) is 12.5. The molecule has 0 radical (unpaired) electrons. The van der Waals surface area contributed by atoms with Crippen LogP contribution in [0, 0.1) is 13.8 Å². The molecular formula is C10H9Cl3N4. The maximum absolute atomic E-state index is 6.06. The second kappa shape index (κ2) is 4.37. The van der Waals surface area contributed by atoms with Crippen LogP contribution in [-0.4, -0.2) is 14.8 Å². The van der Waals surface area contributed by atoms with Crippen molar-refractivity contribution < 1.29 is 0 Å². The minimum atomic E-state index is 0.203. The molecule has 0 aliphatic carbocycles. The molecule has 0 atom stereocenters. The molecule has 17 heavy (non-hydrogen) atoms. The number of anilines is 1. The minimum Gasteiger partial charge on any atom is -0.382 e. The molecular weight excluding hydrogens is 282 g/mol.